The third-order valence-electron chi connectivity index (χ3n) is 17.7. The first kappa shape index (κ1) is 47.2. The molecule has 0 bridgehead atoms. The number of rotatable bonds is 6. The second kappa shape index (κ2) is 16.4. The Labute approximate surface area is 437 Å². The summed E-state index contributed by atoms with van der Waals surface area (Å²) in [5.41, 5.74) is 27.2. The van der Waals surface area contributed by atoms with Gasteiger partial charge in [-0.15, -0.1) is 0 Å². The molecule has 0 saturated heterocycles. The van der Waals surface area contributed by atoms with E-state index in [0.29, 0.717) is 0 Å². The fourth-order valence-corrected chi connectivity index (χ4v) is 13.8. The van der Waals surface area contributed by atoms with Gasteiger partial charge < -0.3 is 14.7 Å². The van der Waals surface area contributed by atoms with Gasteiger partial charge in [-0.1, -0.05) is 179 Å². The highest BCUT2D eigenvalue weighted by Gasteiger charge is 2.49. The van der Waals surface area contributed by atoms with Crippen molar-refractivity contribution in [1.82, 2.24) is 0 Å². The van der Waals surface area contributed by atoms with E-state index in [1.807, 2.05) is 0 Å². The Morgan fingerprint density at radius 1 is 0.411 bits per heavy atom. The van der Waals surface area contributed by atoms with Crippen LogP contribution in [0.4, 0.5) is 51.2 Å². The minimum Gasteiger partial charge on any atom is -0.311 e. The smallest absolute Gasteiger partial charge is 0.252 e. The lowest BCUT2D eigenvalue weighted by Gasteiger charge is -2.48. The molecule has 73 heavy (non-hydrogen) atoms. The number of hydrogen-bond acceptors (Lipinski definition) is 3. The number of nitrogens with zero attached hydrogens (tertiary/aromatic N) is 3. The van der Waals surface area contributed by atoms with E-state index in [1.54, 1.807) is 0 Å². The first-order chi connectivity index (χ1) is 34.6. The zero-order valence-electron chi connectivity index (χ0n) is 45.6. The number of anilines is 9. The monoisotopic (exact) mass is 954 g/mol. The molecule has 0 aromatic heterocycles. The molecule has 2 aliphatic heterocycles. The number of hydrogen-bond donors (Lipinski definition) is 0. The predicted molar refractivity (Wildman–Crippen MR) is 315 cm³/mol. The van der Waals surface area contributed by atoms with Gasteiger partial charge >= 0.3 is 0 Å². The molecule has 8 aromatic rings. The number of fused-ring (bicyclic) bond motifs is 6. The van der Waals surface area contributed by atoms with Crippen LogP contribution in [0.25, 0.3) is 11.1 Å². The molecule has 0 spiro atoms. The lowest BCUT2D eigenvalue weighted by atomic mass is 9.33. The highest BCUT2D eigenvalue weighted by atomic mass is 15.2. The van der Waals surface area contributed by atoms with Crippen molar-refractivity contribution in [3.63, 3.8) is 0 Å². The number of benzene rings is 8. The van der Waals surface area contributed by atoms with E-state index in [4.69, 9.17) is 0 Å². The summed E-state index contributed by atoms with van der Waals surface area (Å²) < 4.78 is 0. The molecule has 0 fully saturated rings. The first-order valence-electron chi connectivity index (χ1n) is 27.0. The van der Waals surface area contributed by atoms with Gasteiger partial charge in [0.15, 0.2) is 0 Å². The Balaban J connectivity index is 1.27. The summed E-state index contributed by atoms with van der Waals surface area (Å²) in [4.78, 5) is 7.86. The van der Waals surface area contributed by atoms with Gasteiger partial charge in [0.2, 0.25) is 0 Å². The van der Waals surface area contributed by atoms with Crippen molar-refractivity contribution in [2.75, 3.05) is 14.7 Å². The fraction of sp³-hybridized carbons (Fsp3) is 0.304. The van der Waals surface area contributed by atoms with Crippen LogP contribution in [-0.2, 0) is 27.1 Å². The van der Waals surface area contributed by atoms with Crippen LogP contribution in [0, 0.1) is 13.8 Å². The molecule has 2 aliphatic carbocycles. The van der Waals surface area contributed by atoms with Crippen molar-refractivity contribution in [3.8, 4) is 11.1 Å². The Morgan fingerprint density at radius 2 is 0.904 bits per heavy atom. The average molecular weight is 954 g/mol. The van der Waals surface area contributed by atoms with Gasteiger partial charge in [0.05, 0.1) is 5.69 Å². The lowest BCUT2D eigenvalue weighted by Crippen LogP contribution is -2.62. The van der Waals surface area contributed by atoms with Crippen molar-refractivity contribution < 1.29 is 0 Å². The largest absolute Gasteiger partial charge is 0.311 e. The molecule has 0 saturated carbocycles. The van der Waals surface area contributed by atoms with Crippen LogP contribution in [0.3, 0.4) is 0 Å². The molecular formula is C69H72BN3. The number of para-hydroxylation sites is 2. The molecule has 0 atom stereocenters. The zero-order chi connectivity index (χ0) is 51.1. The molecule has 3 nitrogen and oxygen atoms in total. The van der Waals surface area contributed by atoms with Crippen LogP contribution < -0.4 is 31.1 Å². The minimum absolute atomic E-state index is 0.00655. The topological polar surface area (TPSA) is 9.72 Å². The molecule has 12 rings (SSSR count). The Bertz CT molecular complexity index is 3460. The van der Waals surface area contributed by atoms with Crippen LogP contribution in [0.1, 0.15) is 134 Å². The van der Waals surface area contributed by atoms with Gasteiger partial charge in [0, 0.05) is 45.5 Å². The van der Waals surface area contributed by atoms with Gasteiger partial charge in [0.1, 0.15) is 0 Å². The average Bonchev–Trinajstić information content (AvgIpc) is 3.55. The summed E-state index contributed by atoms with van der Waals surface area (Å²) in [6.07, 6.45) is 3.42. The molecule has 0 unspecified atom stereocenters. The third kappa shape index (κ3) is 7.52. The van der Waals surface area contributed by atoms with Gasteiger partial charge in [-0.25, -0.2) is 0 Å². The van der Waals surface area contributed by atoms with Crippen LogP contribution in [-0.4, -0.2) is 6.71 Å². The van der Waals surface area contributed by atoms with Crippen molar-refractivity contribution in [2.45, 2.75) is 136 Å². The highest BCUT2D eigenvalue weighted by molar-refractivity contribution is 7.00. The number of aryl methyl sites for hydroxylation is 2. The van der Waals surface area contributed by atoms with E-state index in [9.17, 15) is 0 Å². The summed E-state index contributed by atoms with van der Waals surface area (Å²) in [6, 6.07) is 63.1. The first-order valence-corrected chi connectivity index (χ1v) is 27.0. The second-order valence-electron chi connectivity index (χ2n) is 25.8. The Kier molecular flexibility index (Phi) is 10.6. The molecule has 366 valence electrons. The normalized spacial score (nSPS) is 17.3. The van der Waals surface area contributed by atoms with E-state index in [0.717, 1.165) is 36.3 Å². The summed E-state index contributed by atoms with van der Waals surface area (Å²) in [7, 11) is 0. The summed E-state index contributed by atoms with van der Waals surface area (Å²) >= 11 is 0. The zero-order valence-corrected chi connectivity index (χ0v) is 45.6. The van der Waals surface area contributed by atoms with Gasteiger partial charge in [0.25, 0.3) is 6.71 Å². The van der Waals surface area contributed by atoms with Gasteiger partial charge in [-0.2, -0.15) is 0 Å². The second-order valence-corrected chi connectivity index (χ2v) is 25.8. The molecule has 0 radical (unpaired) electrons. The Hall–Kier alpha value is -6.78. The van der Waals surface area contributed by atoms with Gasteiger partial charge in [-0.3, -0.25) is 0 Å². The van der Waals surface area contributed by atoms with E-state index >= 15 is 0 Å². The molecular weight excluding hydrogens is 882 g/mol. The molecule has 4 aliphatic rings. The van der Waals surface area contributed by atoms with Crippen molar-refractivity contribution in [2.24, 2.45) is 0 Å². The van der Waals surface area contributed by atoms with E-state index < -0.39 is 0 Å². The van der Waals surface area contributed by atoms with Crippen LogP contribution in [0.5, 0.6) is 0 Å². The Morgan fingerprint density at radius 3 is 1.49 bits per heavy atom. The summed E-state index contributed by atoms with van der Waals surface area (Å²) in [5.74, 6) is 0. The van der Waals surface area contributed by atoms with Crippen molar-refractivity contribution in [1.29, 1.82) is 0 Å². The lowest BCUT2D eigenvalue weighted by molar-refractivity contribution is 0.332. The molecule has 8 aromatic carbocycles. The van der Waals surface area contributed by atoms with E-state index in [1.165, 1.54) is 101 Å². The quantitative estimate of drug-likeness (QED) is 0.154. The van der Waals surface area contributed by atoms with Crippen molar-refractivity contribution >= 4 is 74.3 Å². The molecule has 2 heterocycles. The summed E-state index contributed by atoms with van der Waals surface area (Å²) in [6.45, 7) is 31.4. The third-order valence-corrected chi connectivity index (χ3v) is 17.7. The summed E-state index contributed by atoms with van der Waals surface area (Å²) in [5, 5.41) is 0. The van der Waals surface area contributed by atoms with Crippen LogP contribution in [0.2, 0.25) is 0 Å². The molecule has 4 heteroatoms. The SMILES string of the molecule is Cc1ccc(C(C)(C)C)cc1N1c2ccc(-c3ccccc3)cc2B2c3cc4c(cc3N(c3cc5c(cc3C)C(C)(C)CC5(C)C)c3cc(N(c5ccccc5)c5ccccc5)cc1c32)C(C)(C)CCC4(C)C. The standard InChI is InChI=1S/C69H72BN3/c1-44-29-31-48(65(3,4)5)37-59(44)72-58-32-30-47(46-23-17-14-18-24-46)36-56(58)70-57-40-53-54(67(8,9)34-33-66(53,6)7)42-61(57)73(60-41-55-52(35-45(60)2)68(10,11)43-69(55,12)13)63-39-51(38-62(72)64(63)70)71(49-25-19-15-20-26-49)50-27-21-16-22-28-50/h14-32,35-42H,33-34,43H2,1-13H3. The highest BCUT2D eigenvalue weighted by Crippen LogP contribution is 2.56. The van der Waals surface area contributed by atoms with Crippen molar-refractivity contribution in [3.05, 3.63) is 203 Å². The van der Waals surface area contributed by atoms with Crippen LogP contribution in [0.15, 0.2) is 164 Å². The van der Waals surface area contributed by atoms with Crippen LogP contribution >= 0.6 is 0 Å². The maximum absolute atomic E-state index is 2.74. The maximum atomic E-state index is 2.74. The fourth-order valence-electron chi connectivity index (χ4n) is 13.8. The molecule has 0 amide bonds. The van der Waals surface area contributed by atoms with E-state index in [2.05, 4.69) is 269 Å². The predicted octanol–water partition coefficient (Wildman–Crippen LogP) is 17.1. The van der Waals surface area contributed by atoms with E-state index in [-0.39, 0.29) is 33.8 Å². The van der Waals surface area contributed by atoms with Gasteiger partial charge in [-0.05, 0) is 187 Å². The molecule has 0 N–H and O–H groups in total. The maximum Gasteiger partial charge on any atom is 0.252 e. The minimum atomic E-state index is -0.0533.